The van der Waals surface area contributed by atoms with Crippen molar-refractivity contribution in [3.8, 4) is 0 Å². The highest BCUT2D eigenvalue weighted by Crippen LogP contribution is 2.16. The maximum absolute atomic E-state index is 3.67. The van der Waals surface area contributed by atoms with E-state index in [-0.39, 0.29) is 0 Å². The van der Waals surface area contributed by atoms with Gasteiger partial charge >= 0.3 is 0 Å². The minimum atomic E-state index is 0.731. The molecule has 0 aliphatic carbocycles. The number of nitrogens with zero attached hydrogens (tertiary/aromatic N) is 1. The molecule has 82 valence electrons. The van der Waals surface area contributed by atoms with E-state index in [2.05, 4.69) is 51.2 Å². The Morgan fingerprint density at radius 3 is 2.73 bits per heavy atom. The van der Waals surface area contributed by atoms with E-state index < -0.39 is 0 Å². The van der Waals surface area contributed by atoms with Gasteiger partial charge in [-0.05, 0) is 37.9 Å². The molecule has 0 bridgehead atoms. The normalized spacial score (nSPS) is 22.1. The average Bonchev–Trinajstić information content (AvgIpc) is 2.66. The molecule has 0 N–H and O–H groups in total. The van der Waals surface area contributed by atoms with E-state index in [1.807, 2.05) is 0 Å². The summed E-state index contributed by atoms with van der Waals surface area (Å²) in [6.07, 6.45) is 3.80. The predicted molar refractivity (Wildman–Crippen MR) is 68.5 cm³/mol. The summed E-state index contributed by atoms with van der Waals surface area (Å²) in [4.78, 5) is 3.29. The highest BCUT2D eigenvalue weighted by molar-refractivity contribution is 9.09. The fourth-order valence-electron chi connectivity index (χ4n) is 2.14. The van der Waals surface area contributed by atoms with Gasteiger partial charge in [-0.25, -0.2) is 0 Å². The minimum absolute atomic E-state index is 0.731. The Bertz CT molecular complexity index is 286. The molecular weight excluding hydrogens is 250 g/mol. The molecule has 1 aromatic carbocycles. The summed E-state index contributed by atoms with van der Waals surface area (Å²) in [5.41, 5.74) is 1.46. The molecule has 0 amide bonds. The number of alkyl halides is 1. The topological polar surface area (TPSA) is 3.24 Å². The van der Waals surface area contributed by atoms with Gasteiger partial charge in [-0.1, -0.05) is 46.3 Å². The van der Waals surface area contributed by atoms with Crippen LogP contribution in [0.2, 0.25) is 0 Å². The zero-order valence-corrected chi connectivity index (χ0v) is 10.6. The number of aryl methyl sites for hydroxylation is 1. The Morgan fingerprint density at radius 2 is 2.07 bits per heavy atom. The SMILES string of the molecule is BrC1CCN(CCCc2ccccc2)C1. The van der Waals surface area contributed by atoms with Gasteiger partial charge in [0.2, 0.25) is 0 Å². The molecule has 2 heteroatoms. The van der Waals surface area contributed by atoms with Crippen LogP contribution in [0.5, 0.6) is 0 Å². The summed E-state index contributed by atoms with van der Waals surface area (Å²) >= 11 is 3.67. The number of hydrogen-bond acceptors (Lipinski definition) is 1. The Balaban J connectivity index is 1.67. The van der Waals surface area contributed by atoms with Gasteiger partial charge in [-0.2, -0.15) is 0 Å². The van der Waals surface area contributed by atoms with Crippen LogP contribution in [0.15, 0.2) is 30.3 Å². The second-order valence-electron chi connectivity index (χ2n) is 4.28. The maximum Gasteiger partial charge on any atom is 0.0285 e. The first kappa shape index (κ1) is 11.2. The zero-order valence-electron chi connectivity index (χ0n) is 9.03. The van der Waals surface area contributed by atoms with Gasteiger partial charge < -0.3 is 4.90 Å². The van der Waals surface area contributed by atoms with Gasteiger partial charge in [-0.15, -0.1) is 0 Å². The third kappa shape index (κ3) is 3.62. The zero-order chi connectivity index (χ0) is 10.5. The molecule has 0 saturated carbocycles. The largest absolute Gasteiger partial charge is 0.302 e. The summed E-state index contributed by atoms with van der Waals surface area (Å²) in [6, 6.07) is 10.8. The van der Waals surface area contributed by atoms with E-state index in [1.54, 1.807) is 0 Å². The molecule has 1 aromatic rings. The number of rotatable bonds is 4. The molecule has 15 heavy (non-hydrogen) atoms. The highest BCUT2D eigenvalue weighted by atomic mass is 79.9. The van der Waals surface area contributed by atoms with E-state index in [0.717, 1.165) is 4.83 Å². The fraction of sp³-hybridized carbons (Fsp3) is 0.538. The van der Waals surface area contributed by atoms with Crippen LogP contribution in [0.1, 0.15) is 18.4 Å². The van der Waals surface area contributed by atoms with Gasteiger partial charge in [0.1, 0.15) is 0 Å². The minimum Gasteiger partial charge on any atom is -0.302 e. The lowest BCUT2D eigenvalue weighted by Crippen LogP contribution is -2.22. The first-order valence-electron chi connectivity index (χ1n) is 5.75. The average molecular weight is 268 g/mol. The molecule has 1 atom stereocenters. The van der Waals surface area contributed by atoms with Crippen molar-refractivity contribution in [2.75, 3.05) is 19.6 Å². The van der Waals surface area contributed by atoms with Crippen LogP contribution in [0, 0.1) is 0 Å². The van der Waals surface area contributed by atoms with Crippen LogP contribution in [0.3, 0.4) is 0 Å². The van der Waals surface area contributed by atoms with E-state index >= 15 is 0 Å². The molecule has 1 heterocycles. The van der Waals surface area contributed by atoms with Crippen LogP contribution in [0.25, 0.3) is 0 Å². The molecule has 2 rings (SSSR count). The second-order valence-corrected chi connectivity index (χ2v) is 5.57. The Kier molecular flexibility index (Phi) is 4.21. The van der Waals surface area contributed by atoms with E-state index in [9.17, 15) is 0 Å². The maximum atomic E-state index is 3.67. The Hall–Kier alpha value is -0.340. The smallest absolute Gasteiger partial charge is 0.0285 e. The molecule has 0 spiro atoms. The molecule has 1 fully saturated rings. The lowest BCUT2D eigenvalue weighted by molar-refractivity contribution is 0.335. The van der Waals surface area contributed by atoms with E-state index in [0.29, 0.717) is 0 Å². The summed E-state index contributed by atoms with van der Waals surface area (Å²) < 4.78 is 0. The third-order valence-electron chi connectivity index (χ3n) is 3.00. The molecule has 0 aromatic heterocycles. The lowest BCUT2D eigenvalue weighted by atomic mass is 10.1. The first-order valence-corrected chi connectivity index (χ1v) is 6.66. The summed E-state index contributed by atoms with van der Waals surface area (Å²) in [5, 5.41) is 0. The van der Waals surface area contributed by atoms with Gasteiger partial charge in [0.25, 0.3) is 0 Å². The van der Waals surface area contributed by atoms with Crippen LogP contribution in [-0.2, 0) is 6.42 Å². The fourth-order valence-corrected chi connectivity index (χ4v) is 2.75. The number of hydrogen-bond donors (Lipinski definition) is 0. The van der Waals surface area contributed by atoms with Gasteiger partial charge in [-0.3, -0.25) is 0 Å². The van der Waals surface area contributed by atoms with Crippen LogP contribution >= 0.6 is 15.9 Å². The predicted octanol–water partition coefficient (Wildman–Crippen LogP) is 3.09. The molecule has 1 unspecified atom stereocenters. The standard InChI is InChI=1S/C13H18BrN/c14-13-8-10-15(11-13)9-4-7-12-5-2-1-3-6-12/h1-3,5-6,13H,4,7-11H2. The van der Waals surface area contributed by atoms with Gasteiger partial charge in [0.15, 0.2) is 0 Å². The molecule has 1 aliphatic rings. The van der Waals surface area contributed by atoms with Crippen molar-refractivity contribution in [2.24, 2.45) is 0 Å². The number of likely N-dealkylation sites (tertiary alicyclic amines) is 1. The molecule has 1 saturated heterocycles. The molecular formula is C13H18BrN. The summed E-state index contributed by atoms with van der Waals surface area (Å²) in [5.74, 6) is 0. The van der Waals surface area contributed by atoms with Gasteiger partial charge in [0.05, 0.1) is 0 Å². The number of benzene rings is 1. The third-order valence-corrected chi connectivity index (χ3v) is 3.74. The summed E-state index contributed by atoms with van der Waals surface area (Å²) in [7, 11) is 0. The van der Waals surface area contributed by atoms with Crippen molar-refractivity contribution in [1.29, 1.82) is 0 Å². The quantitative estimate of drug-likeness (QED) is 0.758. The van der Waals surface area contributed by atoms with Crippen molar-refractivity contribution in [3.05, 3.63) is 35.9 Å². The van der Waals surface area contributed by atoms with Crippen molar-refractivity contribution < 1.29 is 0 Å². The van der Waals surface area contributed by atoms with Crippen LogP contribution in [0.4, 0.5) is 0 Å². The van der Waals surface area contributed by atoms with E-state index in [4.69, 9.17) is 0 Å². The van der Waals surface area contributed by atoms with Gasteiger partial charge in [0, 0.05) is 11.4 Å². The van der Waals surface area contributed by atoms with Crippen molar-refractivity contribution in [1.82, 2.24) is 4.90 Å². The van der Waals surface area contributed by atoms with E-state index in [1.165, 1.54) is 44.5 Å². The van der Waals surface area contributed by atoms with Crippen LogP contribution in [-0.4, -0.2) is 29.4 Å². The van der Waals surface area contributed by atoms with Crippen molar-refractivity contribution in [2.45, 2.75) is 24.1 Å². The molecule has 1 aliphatic heterocycles. The van der Waals surface area contributed by atoms with Crippen molar-refractivity contribution >= 4 is 15.9 Å². The summed E-state index contributed by atoms with van der Waals surface area (Å²) in [6.45, 7) is 3.75. The Morgan fingerprint density at radius 1 is 1.27 bits per heavy atom. The molecule has 0 radical (unpaired) electrons. The highest BCUT2D eigenvalue weighted by Gasteiger charge is 2.18. The monoisotopic (exact) mass is 267 g/mol. The second kappa shape index (κ2) is 5.66. The molecule has 1 nitrogen and oxygen atoms in total. The Labute approximate surface area is 101 Å². The number of halogens is 1. The van der Waals surface area contributed by atoms with Crippen LogP contribution < -0.4 is 0 Å². The van der Waals surface area contributed by atoms with Crippen molar-refractivity contribution in [3.63, 3.8) is 0 Å². The first-order chi connectivity index (χ1) is 7.34. The lowest BCUT2D eigenvalue weighted by Gasteiger charge is -2.14.